The SMILES string of the molecule is O=C(c1ccccc1)c1ccc(Cl)cc1-c1nc2ccccc2s1. The average Bonchev–Trinajstić information content (AvgIpc) is 3.06. The van der Waals surface area contributed by atoms with Crippen LogP contribution in [0.4, 0.5) is 0 Å². The maximum atomic E-state index is 12.9. The number of benzene rings is 3. The Bertz CT molecular complexity index is 1010. The van der Waals surface area contributed by atoms with Crippen LogP contribution in [-0.4, -0.2) is 10.8 Å². The largest absolute Gasteiger partial charge is 0.289 e. The second kappa shape index (κ2) is 6.19. The van der Waals surface area contributed by atoms with Crippen LogP contribution in [0.25, 0.3) is 20.8 Å². The summed E-state index contributed by atoms with van der Waals surface area (Å²) in [6, 6.07) is 22.5. The number of para-hydroxylation sites is 1. The lowest BCUT2D eigenvalue weighted by Crippen LogP contribution is -2.03. The van der Waals surface area contributed by atoms with Gasteiger partial charge in [0.15, 0.2) is 5.78 Å². The summed E-state index contributed by atoms with van der Waals surface area (Å²) in [6.07, 6.45) is 0. The second-order valence-corrected chi connectivity index (χ2v) is 6.84. The minimum absolute atomic E-state index is 0.0264. The first kappa shape index (κ1) is 15.1. The van der Waals surface area contributed by atoms with E-state index in [0.29, 0.717) is 16.1 Å². The lowest BCUT2D eigenvalue weighted by Gasteiger charge is -2.07. The Morgan fingerprint density at radius 1 is 0.917 bits per heavy atom. The molecule has 0 atom stereocenters. The van der Waals surface area contributed by atoms with Crippen molar-refractivity contribution in [1.82, 2.24) is 4.98 Å². The molecule has 0 radical (unpaired) electrons. The van der Waals surface area contributed by atoms with Gasteiger partial charge in [-0.05, 0) is 30.3 Å². The summed E-state index contributed by atoms with van der Waals surface area (Å²) in [7, 11) is 0. The van der Waals surface area contributed by atoms with Crippen molar-refractivity contribution in [3.05, 3.63) is 88.9 Å². The van der Waals surface area contributed by atoms with Crippen molar-refractivity contribution in [3.63, 3.8) is 0 Å². The molecule has 24 heavy (non-hydrogen) atoms. The zero-order valence-electron chi connectivity index (χ0n) is 12.6. The van der Waals surface area contributed by atoms with Gasteiger partial charge in [0, 0.05) is 21.7 Å². The van der Waals surface area contributed by atoms with Crippen molar-refractivity contribution in [2.24, 2.45) is 0 Å². The number of hydrogen-bond acceptors (Lipinski definition) is 3. The number of thiazole rings is 1. The number of fused-ring (bicyclic) bond motifs is 1. The van der Waals surface area contributed by atoms with E-state index < -0.39 is 0 Å². The molecule has 1 aromatic heterocycles. The predicted molar refractivity (Wildman–Crippen MR) is 99.9 cm³/mol. The van der Waals surface area contributed by atoms with Crippen molar-refractivity contribution in [2.45, 2.75) is 0 Å². The van der Waals surface area contributed by atoms with Crippen molar-refractivity contribution >= 4 is 38.9 Å². The molecule has 3 aromatic carbocycles. The smallest absolute Gasteiger partial charge is 0.193 e. The van der Waals surface area contributed by atoms with Gasteiger partial charge < -0.3 is 0 Å². The molecular weight excluding hydrogens is 338 g/mol. The predicted octanol–water partition coefficient (Wildman–Crippen LogP) is 5.85. The molecule has 4 aromatic rings. The first-order valence-corrected chi connectivity index (χ1v) is 8.67. The summed E-state index contributed by atoms with van der Waals surface area (Å²) in [5.41, 5.74) is 2.97. The van der Waals surface area contributed by atoms with Crippen LogP contribution in [0.2, 0.25) is 5.02 Å². The van der Waals surface area contributed by atoms with E-state index in [4.69, 9.17) is 11.6 Å². The van der Waals surface area contributed by atoms with Crippen molar-refractivity contribution < 1.29 is 4.79 Å². The van der Waals surface area contributed by atoms with Gasteiger partial charge in [-0.1, -0.05) is 54.1 Å². The van der Waals surface area contributed by atoms with Crippen molar-refractivity contribution in [1.29, 1.82) is 0 Å². The third-order valence-corrected chi connectivity index (χ3v) is 5.09. The Hall–Kier alpha value is -2.49. The Balaban J connectivity index is 1.89. The van der Waals surface area contributed by atoms with Gasteiger partial charge in [0.25, 0.3) is 0 Å². The second-order valence-electron chi connectivity index (χ2n) is 5.37. The minimum atomic E-state index is -0.0264. The van der Waals surface area contributed by atoms with Crippen LogP contribution in [0.15, 0.2) is 72.8 Å². The first-order valence-electron chi connectivity index (χ1n) is 7.47. The van der Waals surface area contributed by atoms with Crippen molar-refractivity contribution in [3.8, 4) is 10.6 Å². The van der Waals surface area contributed by atoms with E-state index in [1.807, 2.05) is 60.7 Å². The molecule has 0 N–H and O–H groups in total. The van der Waals surface area contributed by atoms with E-state index in [0.717, 1.165) is 20.8 Å². The molecule has 0 aliphatic rings. The highest BCUT2D eigenvalue weighted by Gasteiger charge is 2.17. The van der Waals surface area contributed by atoms with Gasteiger partial charge in [0.05, 0.1) is 10.2 Å². The highest BCUT2D eigenvalue weighted by Crippen LogP contribution is 2.34. The summed E-state index contributed by atoms with van der Waals surface area (Å²) < 4.78 is 1.09. The summed E-state index contributed by atoms with van der Waals surface area (Å²) in [5, 5.41) is 1.40. The number of nitrogens with zero attached hydrogens (tertiary/aromatic N) is 1. The standard InChI is InChI=1S/C20H12ClNOS/c21-14-10-11-15(19(23)13-6-2-1-3-7-13)16(12-14)20-22-17-8-4-5-9-18(17)24-20/h1-12H. The zero-order valence-corrected chi connectivity index (χ0v) is 14.1. The monoisotopic (exact) mass is 349 g/mol. The van der Waals surface area contributed by atoms with Crippen LogP contribution in [0.3, 0.4) is 0 Å². The lowest BCUT2D eigenvalue weighted by molar-refractivity contribution is 0.103. The number of carbonyl (C=O) groups is 1. The molecule has 4 rings (SSSR count). The third kappa shape index (κ3) is 2.73. The average molecular weight is 350 g/mol. The summed E-state index contributed by atoms with van der Waals surface area (Å²) in [4.78, 5) is 17.6. The van der Waals surface area contributed by atoms with E-state index >= 15 is 0 Å². The Morgan fingerprint density at radius 2 is 1.67 bits per heavy atom. The molecular formula is C20H12ClNOS. The van der Waals surface area contributed by atoms with Gasteiger partial charge in [-0.3, -0.25) is 4.79 Å². The van der Waals surface area contributed by atoms with Crippen LogP contribution in [0.5, 0.6) is 0 Å². The van der Waals surface area contributed by atoms with E-state index in [1.165, 1.54) is 0 Å². The van der Waals surface area contributed by atoms with E-state index in [9.17, 15) is 4.79 Å². The maximum Gasteiger partial charge on any atom is 0.193 e. The molecule has 0 aliphatic heterocycles. The van der Waals surface area contributed by atoms with Crippen LogP contribution in [0, 0.1) is 0 Å². The fraction of sp³-hybridized carbons (Fsp3) is 0. The van der Waals surface area contributed by atoms with Crippen LogP contribution in [0.1, 0.15) is 15.9 Å². The van der Waals surface area contributed by atoms with Gasteiger partial charge in [-0.2, -0.15) is 0 Å². The van der Waals surface area contributed by atoms with Gasteiger partial charge in [0.1, 0.15) is 5.01 Å². The molecule has 0 bridgehead atoms. The molecule has 1 heterocycles. The summed E-state index contributed by atoms with van der Waals surface area (Å²) in [6.45, 7) is 0. The topological polar surface area (TPSA) is 30.0 Å². The van der Waals surface area contributed by atoms with Gasteiger partial charge in [0.2, 0.25) is 0 Å². The number of rotatable bonds is 3. The molecule has 0 spiro atoms. The first-order chi connectivity index (χ1) is 11.7. The molecule has 0 fully saturated rings. The lowest BCUT2D eigenvalue weighted by atomic mass is 9.98. The normalized spacial score (nSPS) is 10.9. The number of halogens is 1. The third-order valence-electron chi connectivity index (χ3n) is 3.79. The highest BCUT2D eigenvalue weighted by atomic mass is 35.5. The molecule has 0 amide bonds. The van der Waals surface area contributed by atoms with E-state index in [2.05, 4.69) is 4.98 Å². The molecule has 2 nitrogen and oxygen atoms in total. The quantitative estimate of drug-likeness (QED) is 0.434. The highest BCUT2D eigenvalue weighted by molar-refractivity contribution is 7.21. The van der Waals surface area contributed by atoms with E-state index in [1.54, 1.807) is 23.5 Å². The van der Waals surface area contributed by atoms with E-state index in [-0.39, 0.29) is 5.78 Å². The van der Waals surface area contributed by atoms with Crippen LogP contribution >= 0.6 is 22.9 Å². The molecule has 4 heteroatoms. The summed E-state index contributed by atoms with van der Waals surface area (Å²) >= 11 is 7.75. The van der Waals surface area contributed by atoms with Crippen LogP contribution < -0.4 is 0 Å². The van der Waals surface area contributed by atoms with Gasteiger partial charge >= 0.3 is 0 Å². The Kier molecular flexibility index (Phi) is 3.89. The molecule has 0 saturated carbocycles. The molecule has 116 valence electrons. The van der Waals surface area contributed by atoms with Gasteiger partial charge in [-0.25, -0.2) is 4.98 Å². The maximum absolute atomic E-state index is 12.9. The fourth-order valence-corrected chi connectivity index (χ4v) is 3.79. The zero-order chi connectivity index (χ0) is 16.5. The molecule has 0 saturated heterocycles. The minimum Gasteiger partial charge on any atom is -0.289 e. The summed E-state index contributed by atoms with van der Waals surface area (Å²) in [5.74, 6) is -0.0264. The number of aromatic nitrogens is 1. The molecule has 0 aliphatic carbocycles. The fourth-order valence-electron chi connectivity index (χ4n) is 2.62. The molecule has 0 unspecified atom stereocenters. The van der Waals surface area contributed by atoms with Gasteiger partial charge in [-0.15, -0.1) is 11.3 Å². The number of carbonyl (C=O) groups excluding carboxylic acids is 1. The Labute approximate surface area is 148 Å². The van der Waals surface area contributed by atoms with Crippen LogP contribution in [-0.2, 0) is 0 Å². The number of hydrogen-bond donors (Lipinski definition) is 0. The Morgan fingerprint density at radius 3 is 2.46 bits per heavy atom. The number of ketones is 1. The van der Waals surface area contributed by atoms with Crippen molar-refractivity contribution in [2.75, 3.05) is 0 Å².